The number of hydrogen-bond donors (Lipinski definition) is 3. The standard InChI is InChI=1S/C20H39N3O4/c1-5-18(24)21-12-8-7-11-17(23-19(25)6-2)20(26)22-13-15-27-14-9-10-16(3)4/h16-17H,5-15H2,1-4H3,(H,21,24)(H,22,26)(H,23,25). The van der Waals surface area contributed by atoms with Crippen LogP contribution in [0.2, 0.25) is 0 Å². The molecule has 3 amide bonds. The molecule has 0 aliphatic rings. The Labute approximate surface area is 164 Å². The molecule has 0 aliphatic heterocycles. The van der Waals surface area contributed by atoms with Gasteiger partial charge in [-0.2, -0.15) is 0 Å². The Morgan fingerprint density at radius 3 is 2.15 bits per heavy atom. The largest absolute Gasteiger partial charge is 0.380 e. The van der Waals surface area contributed by atoms with Crippen molar-refractivity contribution in [3.8, 4) is 0 Å². The van der Waals surface area contributed by atoms with E-state index in [9.17, 15) is 14.4 Å². The van der Waals surface area contributed by atoms with Gasteiger partial charge >= 0.3 is 0 Å². The molecular formula is C20H39N3O4. The van der Waals surface area contributed by atoms with Gasteiger partial charge in [-0.25, -0.2) is 0 Å². The van der Waals surface area contributed by atoms with E-state index in [1.54, 1.807) is 6.92 Å². The second kappa shape index (κ2) is 16.5. The van der Waals surface area contributed by atoms with Crippen LogP contribution < -0.4 is 16.0 Å². The number of hydrogen-bond acceptors (Lipinski definition) is 4. The lowest BCUT2D eigenvalue weighted by molar-refractivity contribution is -0.129. The predicted molar refractivity (Wildman–Crippen MR) is 107 cm³/mol. The molecule has 7 heteroatoms. The molecule has 0 spiro atoms. The van der Waals surface area contributed by atoms with E-state index in [1.165, 1.54) is 0 Å². The molecule has 0 bridgehead atoms. The fourth-order valence-corrected chi connectivity index (χ4v) is 2.46. The highest BCUT2D eigenvalue weighted by molar-refractivity contribution is 5.87. The van der Waals surface area contributed by atoms with Crippen LogP contribution in [-0.4, -0.2) is 50.1 Å². The molecule has 0 aromatic carbocycles. The highest BCUT2D eigenvalue weighted by Gasteiger charge is 2.19. The number of rotatable bonds is 16. The van der Waals surface area contributed by atoms with E-state index >= 15 is 0 Å². The molecule has 0 saturated carbocycles. The molecule has 3 N–H and O–H groups in total. The highest BCUT2D eigenvalue weighted by Crippen LogP contribution is 2.03. The molecule has 0 heterocycles. The van der Waals surface area contributed by atoms with E-state index in [-0.39, 0.29) is 17.7 Å². The zero-order valence-electron chi connectivity index (χ0n) is 17.6. The number of ether oxygens (including phenoxy) is 1. The monoisotopic (exact) mass is 385 g/mol. The van der Waals surface area contributed by atoms with Crippen LogP contribution in [0.3, 0.4) is 0 Å². The van der Waals surface area contributed by atoms with Crippen molar-refractivity contribution in [3.05, 3.63) is 0 Å². The summed E-state index contributed by atoms with van der Waals surface area (Å²) in [4.78, 5) is 35.2. The minimum absolute atomic E-state index is 0.0250. The van der Waals surface area contributed by atoms with Gasteiger partial charge in [-0.15, -0.1) is 0 Å². The predicted octanol–water partition coefficient (Wildman–Crippen LogP) is 2.15. The first-order valence-electron chi connectivity index (χ1n) is 10.3. The second-order valence-electron chi connectivity index (χ2n) is 7.11. The third-order valence-electron chi connectivity index (χ3n) is 4.15. The van der Waals surface area contributed by atoms with Gasteiger partial charge < -0.3 is 20.7 Å². The Hall–Kier alpha value is -1.63. The zero-order chi connectivity index (χ0) is 20.5. The Balaban J connectivity index is 4.08. The van der Waals surface area contributed by atoms with Gasteiger partial charge in [0.05, 0.1) is 6.61 Å². The molecule has 158 valence electrons. The van der Waals surface area contributed by atoms with Crippen molar-refractivity contribution in [3.63, 3.8) is 0 Å². The van der Waals surface area contributed by atoms with E-state index in [2.05, 4.69) is 29.8 Å². The summed E-state index contributed by atoms with van der Waals surface area (Å²) in [5.74, 6) is 0.378. The van der Waals surface area contributed by atoms with Crippen molar-refractivity contribution < 1.29 is 19.1 Å². The molecule has 0 fully saturated rings. The van der Waals surface area contributed by atoms with Crippen LogP contribution in [0.5, 0.6) is 0 Å². The van der Waals surface area contributed by atoms with Crippen LogP contribution in [0.4, 0.5) is 0 Å². The number of carbonyl (C=O) groups is 3. The average molecular weight is 386 g/mol. The van der Waals surface area contributed by atoms with Crippen molar-refractivity contribution in [2.24, 2.45) is 5.92 Å². The fraction of sp³-hybridized carbons (Fsp3) is 0.850. The van der Waals surface area contributed by atoms with Crippen molar-refractivity contribution in [2.45, 2.75) is 78.7 Å². The number of amides is 3. The summed E-state index contributed by atoms with van der Waals surface area (Å²) in [5.41, 5.74) is 0. The van der Waals surface area contributed by atoms with Crippen molar-refractivity contribution in [1.82, 2.24) is 16.0 Å². The molecule has 0 aromatic heterocycles. The van der Waals surface area contributed by atoms with E-state index in [0.29, 0.717) is 51.5 Å². The van der Waals surface area contributed by atoms with Crippen LogP contribution in [0, 0.1) is 5.92 Å². The van der Waals surface area contributed by atoms with Crippen LogP contribution >= 0.6 is 0 Å². The Bertz CT molecular complexity index is 427. The minimum Gasteiger partial charge on any atom is -0.380 e. The first-order chi connectivity index (χ1) is 12.9. The lowest BCUT2D eigenvalue weighted by atomic mass is 10.1. The summed E-state index contributed by atoms with van der Waals surface area (Å²) in [5, 5.41) is 8.41. The normalized spacial score (nSPS) is 11.9. The highest BCUT2D eigenvalue weighted by atomic mass is 16.5. The molecule has 27 heavy (non-hydrogen) atoms. The van der Waals surface area contributed by atoms with E-state index in [1.807, 2.05) is 6.92 Å². The maximum Gasteiger partial charge on any atom is 0.242 e. The Kier molecular flexibility index (Phi) is 15.5. The molecule has 0 rings (SSSR count). The third-order valence-corrected chi connectivity index (χ3v) is 4.15. The molecule has 7 nitrogen and oxygen atoms in total. The van der Waals surface area contributed by atoms with Gasteiger partial charge in [-0.05, 0) is 38.0 Å². The van der Waals surface area contributed by atoms with Crippen LogP contribution in [-0.2, 0) is 19.1 Å². The summed E-state index contributed by atoms with van der Waals surface area (Å²) in [7, 11) is 0. The average Bonchev–Trinajstić information content (AvgIpc) is 2.64. The number of unbranched alkanes of at least 4 members (excludes halogenated alkanes) is 1. The summed E-state index contributed by atoms with van der Waals surface area (Å²) in [6.07, 6.45) is 5.04. The van der Waals surface area contributed by atoms with Gasteiger partial charge in [0.2, 0.25) is 17.7 Å². The molecule has 1 atom stereocenters. The molecular weight excluding hydrogens is 346 g/mol. The Morgan fingerprint density at radius 1 is 0.815 bits per heavy atom. The maximum absolute atomic E-state index is 12.3. The van der Waals surface area contributed by atoms with Crippen molar-refractivity contribution in [2.75, 3.05) is 26.3 Å². The van der Waals surface area contributed by atoms with E-state index in [4.69, 9.17) is 4.74 Å². The molecule has 1 unspecified atom stereocenters. The topological polar surface area (TPSA) is 96.5 Å². The molecule has 0 aliphatic carbocycles. The van der Waals surface area contributed by atoms with Crippen LogP contribution in [0.15, 0.2) is 0 Å². The third kappa shape index (κ3) is 15.2. The van der Waals surface area contributed by atoms with Gasteiger partial charge in [0.25, 0.3) is 0 Å². The fourth-order valence-electron chi connectivity index (χ4n) is 2.46. The van der Waals surface area contributed by atoms with Gasteiger partial charge in [0, 0.05) is 32.5 Å². The van der Waals surface area contributed by atoms with Crippen LogP contribution in [0.1, 0.15) is 72.6 Å². The SMILES string of the molecule is CCC(=O)NCCCCC(NC(=O)CC)C(=O)NCCOCCCC(C)C. The Morgan fingerprint density at radius 2 is 1.52 bits per heavy atom. The molecule has 0 radical (unpaired) electrons. The smallest absolute Gasteiger partial charge is 0.242 e. The second-order valence-corrected chi connectivity index (χ2v) is 7.11. The van der Waals surface area contributed by atoms with Crippen LogP contribution in [0.25, 0.3) is 0 Å². The van der Waals surface area contributed by atoms with E-state index < -0.39 is 6.04 Å². The summed E-state index contributed by atoms with van der Waals surface area (Å²) < 4.78 is 5.52. The summed E-state index contributed by atoms with van der Waals surface area (Å²) >= 11 is 0. The summed E-state index contributed by atoms with van der Waals surface area (Å²) in [6, 6.07) is -0.541. The van der Waals surface area contributed by atoms with Gasteiger partial charge in [-0.3, -0.25) is 14.4 Å². The first kappa shape index (κ1) is 25.4. The molecule has 0 aromatic rings. The lowest BCUT2D eigenvalue weighted by Gasteiger charge is -2.18. The number of nitrogens with one attached hydrogen (secondary N) is 3. The van der Waals surface area contributed by atoms with Crippen molar-refractivity contribution >= 4 is 17.7 Å². The minimum atomic E-state index is -0.541. The maximum atomic E-state index is 12.3. The summed E-state index contributed by atoms with van der Waals surface area (Å²) in [6.45, 7) is 10.1. The first-order valence-corrected chi connectivity index (χ1v) is 10.3. The lowest BCUT2D eigenvalue weighted by Crippen LogP contribution is -2.47. The van der Waals surface area contributed by atoms with Gasteiger partial charge in [-0.1, -0.05) is 27.7 Å². The molecule has 0 saturated heterocycles. The zero-order valence-corrected chi connectivity index (χ0v) is 17.6. The van der Waals surface area contributed by atoms with Crippen molar-refractivity contribution in [1.29, 1.82) is 0 Å². The quantitative estimate of drug-likeness (QED) is 0.355. The van der Waals surface area contributed by atoms with Gasteiger partial charge in [0.1, 0.15) is 6.04 Å². The number of carbonyl (C=O) groups excluding carboxylic acids is 3. The van der Waals surface area contributed by atoms with Gasteiger partial charge in [0.15, 0.2) is 0 Å². The van der Waals surface area contributed by atoms with E-state index in [0.717, 1.165) is 25.7 Å².